The van der Waals surface area contributed by atoms with E-state index >= 15 is 0 Å². The molecule has 0 saturated carbocycles. The molecule has 2 aliphatic rings. The maximum atomic E-state index is 13.8. The molecular formula is C12H20F2N2O4. The number of urea groups is 1. The molecular weight excluding hydrogens is 274 g/mol. The zero-order valence-corrected chi connectivity index (χ0v) is 11.1. The van der Waals surface area contributed by atoms with Crippen LogP contribution in [0.15, 0.2) is 0 Å². The second-order valence-electron chi connectivity index (χ2n) is 5.25. The van der Waals surface area contributed by atoms with Gasteiger partial charge in [0.15, 0.2) is 6.23 Å². The van der Waals surface area contributed by atoms with Crippen LogP contribution in [0.1, 0.15) is 25.7 Å². The number of hydrogen-bond acceptors (Lipinski definition) is 4. The summed E-state index contributed by atoms with van der Waals surface area (Å²) in [7, 11) is 0. The number of alkyl halides is 2. The molecule has 20 heavy (non-hydrogen) atoms. The number of carbonyl (C=O) groups is 1. The van der Waals surface area contributed by atoms with Gasteiger partial charge in [-0.3, -0.25) is 4.90 Å². The first-order valence-corrected chi connectivity index (χ1v) is 6.80. The largest absolute Gasteiger partial charge is 0.396 e. The number of aliphatic hydroxyl groups is 2. The minimum atomic E-state index is -3.15. The highest BCUT2D eigenvalue weighted by molar-refractivity contribution is 5.75. The smallest absolute Gasteiger partial charge is 0.319 e. The van der Waals surface area contributed by atoms with Crippen molar-refractivity contribution >= 4 is 6.03 Å². The summed E-state index contributed by atoms with van der Waals surface area (Å²) >= 11 is 0. The van der Waals surface area contributed by atoms with E-state index in [4.69, 9.17) is 14.9 Å². The average molecular weight is 294 g/mol. The molecule has 3 N–H and O–H groups in total. The van der Waals surface area contributed by atoms with Crippen LogP contribution >= 0.6 is 0 Å². The van der Waals surface area contributed by atoms with Crippen molar-refractivity contribution in [3.8, 4) is 0 Å². The predicted octanol–water partition coefficient (Wildman–Crippen LogP) is 0.285. The topological polar surface area (TPSA) is 82.0 Å². The Bertz CT molecular complexity index is 356. The Morgan fingerprint density at radius 1 is 1.45 bits per heavy atom. The number of halogens is 2. The van der Waals surface area contributed by atoms with E-state index in [9.17, 15) is 13.6 Å². The summed E-state index contributed by atoms with van der Waals surface area (Å²) < 4.78 is 32.7. The molecule has 8 heteroatoms. The third-order valence-corrected chi connectivity index (χ3v) is 3.69. The van der Waals surface area contributed by atoms with Crippen LogP contribution in [-0.4, -0.2) is 65.2 Å². The van der Waals surface area contributed by atoms with Crippen molar-refractivity contribution in [1.82, 2.24) is 10.2 Å². The molecule has 3 atom stereocenters. The van der Waals surface area contributed by atoms with Gasteiger partial charge in [-0.05, 0) is 19.3 Å². The third kappa shape index (κ3) is 3.18. The third-order valence-electron chi connectivity index (χ3n) is 3.69. The lowest BCUT2D eigenvalue weighted by Crippen LogP contribution is -2.58. The first-order chi connectivity index (χ1) is 9.47. The van der Waals surface area contributed by atoms with Crippen LogP contribution in [0.5, 0.6) is 0 Å². The molecule has 2 aliphatic heterocycles. The van der Waals surface area contributed by atoms with Gasteiger partial charge < -0.3 is 20.3 Å². The van der Waals surface area contributed by atoms with E-state index < -0.39 is 37.3 Å². The van der Waals surface area contributed by atoms with Crippen molar-refractivity contribution < 1.29 is 28.5 Å². The Labute approximate surface area is 115 Å². The van der Waals surface area contributed by atoms with Crippen LogP contribution in [0, 0.1) is 0 Å². The molecule has 6 nitrogen and oxygen atoms in total. The highest BCUT2D eigenvalue weighted by Crippen LogP contribution is 2.38. The Balaban J connectivity index is 1.95. The molecule has 116 valence electrons. The van der Waals surface area contributed by atoms with Crippen molar-refractivity contribution in [2.45, 2.75) is 50.0 Å². The lowest BCUT2D eigenvalue weighted by Gasteiger charge is -2.37. The van der Waals surface area contributed by atoms with Crippen molar-refractivity contribution in [2.24, 2.45) is 0 Å². The fraction of sp³-hybridized carbons (Fsp3) is 0.917. The first-order valence-electron chi connectivity index (χ1n) is 6.80. The quantitative estimate of drug-likeness (QED) is 0.680. The van der Waals surface area contributed by atoms with E-state index in [-0.39, 0.29) is 19.2 Å². The van der Waals surface area contributed by atoms with Gasteiger partial charge in [-0.1, -0.05) is 0 Å². The summed E-state index contributed by atoms with van der Waals surface area (Å²) in [5.74, 6) is -3.15. The fourth-order valence-corrected chi connectivity index (χ4v) is 2.65. The van der Waals surface area contributed by atoms with E-state index in [1.54, 1.807) is 0 Å². The zero-order chi connectivity index (χ0) is 14.8. The van der Waals surface area contributed by atoms with Gasteiger partial charge in [0.1, 0.15) is 0 Å². The number of nitrogens with one attached hydrogen (secondary N) is 1. The summed E-state index contributed by atoms with van der Waals surface area (Å²) in [6, 6.07) is -0.683. The maximum Gasteiger partial charge on any atom is 0.319 e. The van der Waals surface area contributed by atoms with Crippen LogP contribution in [0.3, 0.4) is 0 Å². The number of ether oxygens (including phenoxy) is 1. The summed E-state index contributed by atoms with van der Waals surface area (Å²) in [4.78, 5) is 12.9. The highest BCUT2D eigenvalue weighted by atomic mass is 19.3. The Hall–Kier alpha value is -0.990. The fourth-order valence-electron chi connectivity index (χ4n) is 2.65. The van der Waals surface area contributed by atoms with Gasteiger partial charge in [0.05, 0.1) is 12.7 Å². The van der Waals surface area contributed by atoms with E-state index in [1.807, 2.05) is 0 Å². The lowest BCUT2D eigenvalue weighted by molar-refractivity contribution is -0.141. The lowest BCUT2D eigenvalue weighted by atomic mass is 10.1. The molecule has 2 saturated heterocycles. The molecule has 2 rings (SSSR count). The summed E-state index contributed by atoms with van der Waals surface area (Å²) in [5.41, 5.74) is 0. The molecule has 0 aromatic rings. The summed E-state index contributed by atoms with van der Waals surface area (Å²) in [6.45, 7) is -0.265. The van der Waals surface area contributed by atoms with E-state index in [0.717, 1.165) is 4.90 Å². The van der Waals surface area contributed by atoms with Gasteiger partial charge in [-0.15, -0.1) is 0 Å². The van der Waals surface area contributed by atoms with E-state index in [0.29, 0.717) is 19.3 Å². The van der Waals surface area contributed by atoms with Crippen molar-refractivity contribution in [3.63, 3.8) is 0 Å². The van der Waals surface area contributed by atoms with E-state index in [1.165, 1.54) is 0 Å². The molecule has 0 bridgehead atoms. The molecule has 0 aromatic carbocycles. The predicted molar refractivity (Wildman–Crippen MR) is 65.3 cm³/mol. The summed E-state index contributed by atoms with van der Waals surface area (Å²) in [6.07, 6.45) is -1.41. The number of aliphatic hydroxyl groups excluding tert-OH is 2. The minimum Gasteiger partial charge on any atom is -0.396 e. The van der Waals surface area contributed by atoms with Gasteiger partial charge in [0.25, 0.3) is 5.92 Å². The molecule has 0 aliphatic carbocycles. The highest BCUT2D eigenvalue weighted by Gasteiger charge is 2.54. The number of amides is 2. The van der Waals surface area contributed by atoms with Crippen LogP contribution in [-0.2, 0) is 4.74 Å². The monoisotopic (exact) mass is 294 g/mol. The van der Waals surface area contributed by atoms with Crippen LogP contribution in [0.25, 0.3) is 0 Å². The van der Waals surface area contributed by atoms with Crippen molar-refractivity contribution in [2.75, 3.05) is 19.8 Å². The molecule has 2 heterocycles. The molecule has 0 aromatic heterocycles. The standard InChI is InChI=1S/C12H20F2N2O4/c13-12(14)6-9(7-18)20-10(12)16-4-3-8(2-1-5-17)15-11(16)19/h8-10,17-18H,1-7H2,(H,15,19)/t8?,9-,10+/m0/s1. The normalized spacial score (nSPS) is 33.3. The van der Waals surface area contributed by atoms with Gasteiger partial charge >= 0.3 is 6.03 Å². The second-order valence-corrected chi connectivity index (χ2v) is 5.25. The first kappa shape index (κ1) is 15.4. The van der Waals surface area contributed by atoms with Gasteiger partial charge in [-0.2, -0.15) is 0 Å². The summed E-state index contributed by atoms with van der Waals surface area (Å²) in [5, 5.41) is 20.3. The molecule has 0 spiro atoms. The maximum absolute atomic E-state index is 13.8. The average Bonchev–Trinajstić information content (AvgIpc) is 2.71. The van der Waals surface area contributed by atoms with Gasteiger partial charge in [0, 0.05) is 25.6 Å². The Morgan fingerprint density at radius 3 is 2.75 bits per heavy atom. The SMILES string of the molecule is O=C1NC(CCCO)CCN1[C@@H]1O[C@H](CO)CC1(F)F. The van der Waals surface area contributed by atoms with E-state index in [2.05, 4.69) is 5.32 Å². The van der Waals surface area contributed by atoms with Crippen molar-refractivity contribution in [1.29, 1.82) is 0 Å². The minimum absolute atomic E-state index is 0.0398. The zero-order valence-electron chi connectivity index (χ0n) is 11.1. The van der Waals surface area contributed by atoms with Gasteiger partial charge in [-0.25, -0.2) is 13.6 Å². The number of nitrogens with zero attached hydrogens (tertiary/aromatic N) is 1. The van der Waals surface area contributed by atoms with Crippen LogP contribution in [0.2, 0.25) is 0 Å². The second kappa shape index (κ2) is 6.19. The Kier molecular flexibility index (Phi) is 4.77. The van der Waals surface area contributed by atoms with Crippen LogP contribution in [0.4, 0.5) is 13.6 Å². The molecule has 0 radical (unpaired) electrons. The molecule has 2 amide bonds. The molecule has 1 unspecified atom stereocenters. The molecule has 2 fully saturated rings. The number of hydrogen-bond donors (Lipinski definition) is 3. The number of rotatable bonds is 5. The Morgan fingerprint density at radius 2 is 2.20 bits per heavy atom. The van der Waals surface area contributed by atoms with Gasteiger partial charge in [0.2, 0.25) is 0 Å². The van der Waals surface area contributed by atoms with Crippen molar-refractivity contribution in [3.05, 3.63) is 0 Å². The number of carbonyl (C=O) groups excluding carboxylic acids is 1. The van der Waals surface area contributed by atoms with Crippen LogP contribution < -0.4 is 5.32 Å².